The average molecular weight is 149 g/mol. The molecule has 0 aliphatic rings. The van der Waals surface area contributed by atoms with E-state index in [9.17, 15) is 0 Å². The van der Waals surface area contributed by atoms with E-state index in [0.717, 1.165) is 0 Å². The molecular weight excluding hydrogens is 138 g/mol. The fourth-order valence-electron chi connectivity index (χ4n) is 0.517. The molecule has 0 saturated carbocycles. The lowest BCUT2D eigenvalue weighted by Gasteiger charge is -1.88. The Hall–Kier alpha value is -1.43. The van der Waals surface area contributed by atoms with Crippen LogP contribution in [-0.2, 0) is 0 Å². The highest BCUT2D eigenvalue weighted by atomic mass is 14.8. The molecule has 0 spiro atoms. The van der Waals surface area contributed by atoms with Gasteiger partial charge in [0.05, 0.1) is 5.69 Å². The molecule has 0 bridgehead atoms. The SMILES string of the molecule is CC.Cc1nccnc1C#N. The number of nitriles is 1. The Kier molecular flexibility index (Phi) is 4.67. The van der Waals surface area contributed by atoms with E-state index in [1.54, 1.807) is 13.1 Å². The van der Waals surface area contributed by atoms with Crippen LogP contribution in [0.1, 0.15) is 25.2 Å². The van der Waals surface area contributed by atoms with Gasteiger partial charge in [0.1, 0.15) is 6.07 Å². The summed E-state index contributed by atoms with van der Waals surface area (Å²) in [5.74, 6) is 0. The highest BCUT2D eigenvalue weighted by molar-refractivity contribution is 5.22. The average Bonchev–Trinajstić information content (AvgIpc) is 2.09. The maximum absolute atomic E-state index is 8.37. The minimum absolute atomic E-state index is 0.400. The second-order valence-corrected chi connectivity index (χ2v) is 1.60. The highest BCUT2D eigenvalue weighted by Gasteiger charge is 1.93. The van der Waals surface area contributed by atoms with Gasteiger partial charge in [0.25, 0.3) is 0 Å². The minimum Gasteiger partial charge on any atom is -0.257 e. The minimum atomic E-state index is 0.400. The lowest BCUT2D eigenvalue weighted by atomic mass is 10.3. The first-order valence-corrected chi connectivity index (χ1v) is 3.52. The molecule has 0 amide bonds. The number of rotatable bonds is 0. The van der Waals surface area contributed by atoms with Gasteiger partial charge in [-0.2, -0.15) is 5.26 Å². The Morgan fingerprint density at radius 1 is 1.27 bits per heavy atom. The second-order valence-electron chi connectivity index (χ2n) is 1.60. The van der Waals surface area contributed by atoms with E-state index in [1.807, 2.05) is 19.9 Å². The largest absolute Gasteiger partial charge is 0.257 e. The lowest BCUT2D eigenvalue weighted by molar-refractivity contribution is 1.09. The quantitative estimate of drug-likeness (QED) is 0.564. The van der Waals surface area contributed by atoms with Gasteiger partial charge in [0.15, 0.2) is 5.69 Å². The van der Waals surface area contributed by atoms with Gasteiger partial charge in [0.2, 0.25) is 0 Å². The smallest absolute Gasteiger partial charge is 0.161 e. The fraction of sp³-hybridized carbons (Fsp3) is 0.375. The van der Waals surface area contributed by atoms with Crippen LogP contribution in [0.5, 0.6) is 0 Å². The molecular formula is C8H11N3. The lowest BCUT2D eigenvalue weighted by Crippen LogP contribution is -1.88. The molecule has 3 nitrogen and oxygen atoms in total. The predicted octanol–water partition coefficient (Wildman–Crippen LogP) is 1.68. The van der Waals surface area contributed by atoms with Crippen LogP contribution in [0, 0.1) is 18.3 Å². The van der Waals surface area contributed by atoms with Gasteiger partial charge in [-0.05, 0) is 6.92 Å². The summed E-state index contributed by atoms with van der Waals surface area (Å²) in [7, 11) is 0. The number of aromatic nitrogens is 2. The van der Waals surface area contributed by atoms with E-state index in [-0.39, 0.29) is 0 Å². The molecule has 0 unspecified atom stereocenters. The van der Waals surface area contributed by atoms with E-state index in [0.29, 0.717) is 11.4 Å². The van der Waals surface area contributed by atoms with Crippen LogP contribution < -0.4 is 0 Å². The van der Waals surface area contributed by atoms with E-state index in [2.05, 4.69) is 9.97 Å². The Morgan fingerprint density at radius 2 is 1.82 bits per heavy atom. The Bertz CT molecular complexity index is 250. The summed E-state index contributed by atoms with van der Waals surface area (Å²) in [6.07, 6.45) is 3.07. The third-order valence-corrected chi connectivity index (χ3v) is 0.987. The molecule has 1 aromatic heterocycles. The Balaban J connectivity index is 0.000000461. The molecule has 58 valence electrons. The molecule has 1 heterocycles. The molecule has 3 heteroatoms. The second kappa shape index (κ2) is 5.36. The van der Waals surface area contributed by atoms with E-state index in [1.165, 1.54) is 6.20 Å². The standard InChI is InChI=1S/C6H5N3.C2H6/c1-5-6(4-7)9-3-2-8-5;1-2/h2-3H,1H3;1-2H3. The molecule has 1 rings (SSSR count). The van der Waals surface area contributed by atoms with E-state index in [4.69, 9.17) is 5.26 Å². The predicted molar refractivity (Wildman–Crippen MR) is 42.8 cm³/mol. The van der Waals surface area contributed by atoms with Crippen molar-refractivity contribution in [2.75, 3.05) is 0 Å². The molecule has 0 aliphatic carbocycles. The van der Waals surface area contributed by atoms with Gasteiger partial charge in [0, 0.05) is 12.4 Å². The van der Waals surface area contributed by atoms with E-state index < -0.39 is 0 Å². The topological polar surface area (TPSA) is 49.6 Å². The first kappa shape index (κ1) is 9.57. The summed E-state index contributed by atoms with van der Waals surface area (Å²) in [6, 6.07) is 1.92. The Morgan fingerprint density at radius 3 is 2.18 bits per heavy atom. The highest BCUT2D eigenvalue weighted by Crippen LogP contribution is 1.94. The van der Waals surface area contributed by atoms with Crippen molar-refractivity contribution in [3.05, 3.63) is 23.8 Å². The van der Waals surface area contributed by atoms with Crippen LogP contribution in [0.2, 0.25) is 0 Å². The number of hydrogen-bond donors (Lipinski definition) is 0. The number of nitrogens with zero attached hydrogens (tertiary/aromatic N) is 3. The van der Waals surface area contributed by atoms with Crippen LogP contribution in [0.15, 0.2) is 12.4 Å². The number of aryl methyl sites for hydroxylation is 1. The monoisotopic (exact) mass is 149 g/mol. The molecule has 0 fully saturated rings. The summed E-state index contributed by atoms with van der Waals surface area (Å²) in [5.41, 5.74) is 1.08. The van der Waals surface area contributed by atoms with Crippen molar-refractivity contribution in [1.82, 2.24) is 9.97 Å². The third-order valence-electron chi connectivity index (χ3n) is 0.987. The van der Waals surface area contributed by atoms with Crippen LogP contribution in [0.4, 0.5) is 0 Å². The van der Waals surface area contributed by atoms with Gasteiger partial charge in [-0.1, -0.05) is 13.8 Å². The maximum atomic E-state index is 8.37. The first-order chi connectivity index (χ1) is 5.34. The van der Waals surface area contributed by atoms with Crippen LogP contribution >= 0.6 is 0 Å². The molecule has 0 aliphatic heterocycles. The van der Waals surface area contributed by atoms with Gasteiger partial charge in [-0.3, -0.25) is 4.98 Å². The summed E-state index contributed by atoms with van der Waals surface area (Å²) < 4.78 is 0. The Labute approximate surface area is 66.7 Å². The van der Waals surface area contributed by atoms with Crippen molar-refractivity contribution in [2.45, 2.75) is 20.8 Å². The third kappa shape index (κ3) is 2.76. The molecule has 1 aromatic rings. The van der Waals surface area contributed by atoms with Crippen molar-refractivity contribution >= 4 is 0 Å². The zero-order valence-corrected chi connectivity index (χ0v) is 7.00. The van der Waals surface area contributed by atoms with E-state index >= 15 is 0 Å². The summed E-state index contributed by atoms with van der Waals surface area (Å²) >= 11 is 0. The summed E-state index contributed by atoms with van der Waals surface area (Å²) in [4.78, 5) is 7.64. The summed E-state index contributed by atoms with van der Waals surface area (Å²) in [5, 5.41) is 8.37. The van der Waals surface area contributed by atoms with Gasteiger partial charge in [-0.15, -0.1) is 0 Å². The molecule has 11 heavy (non-hydrogen) atoms. The van der Waals surface area contributed by atoms with Crippen molar-refractivity contribution in [1.29, 1.82) is 5.26 Å². The maximum Gasteiger partial charge on any atom is 0.161 e. The molecule has 0 aromatic carbocycles. The molecule has 0 N–H and O–H groups in total. The van der Waals surface area contributed by atoms with Crippen molar-refractivity contribution in [3.63, 3.8) is 0 Å². The molecule has 0 radical (unpaired) electrons. The van der Waals surface area contributed by atoms with Crippen LogP contribution in [-0.4, -0.2) is 9.97 Å². The van der Waals surface area contributed by atoms with Crippen molar-refractivity contribution in [2.24, 2.45) is 0 Å². The summed E-state index contributed by atoms with van der Waals surface area (Å²) in [6.45, 7) is 5.76. The molecule has 0 atom stereocenters. The molecule has 0 saturated heterocycles. The van der Waals surface area contributed by atoms with Crippen molar-refractivity contribution in [3.8, 4) is 6.07 Å². The van der Waals surface area contributed by atoms with Crippen LogP contribution in [0.25, 0.3) is 0 Å². The van der Waals surface area contributed by atoms with Gasteiger partial charge in [-0.25, -0.2) is 4.98 Å². The van der Waals surface area contributed by atoms with Crippen LogP contribution in [0.3, 0.4) is 0 Å². The zero-order chi connectivity index (χ0) is 8.69. The van der Waals surface area contributed by atoms with Gasteiger partial charge < -0.3 is 0 Å². The fourth-order valence-corrected chi connectivity index (χ4v) is 0.517. The normalized spacial score (nSPS) is 7.45. The first-order valence-electron chi connectivity index (χ1n) is 3.52. The van der Waals surface area contributed by atoms with Gasteiger partial charge >= 0.3 is 0 Å². The van der Waals surface area contributed by atoms with Crippen molar-refractivity contribution < 1.29 is 0 Å². The number of hydrogen-bond acceptors (Lipinski definition) is 3. The zero-order valence-electron chi connectivity index (χ0n) is 7.00.